The van der Waals surface area contributed by atoms with Gasteiger partial charge in [0, 0.05) is 20.0 Å². The zero-order valence-corrected chi connectivity index (χ0v) is 15.5. The first-order valence-corrected chi connectivity index (χ1v) is 8.36. The van der Waals surface area contributed by atoms with Crippen LogP contribution in [-0.2, 0) is 23.9 Å². The summed E-state index contributed by atoms with van der Waals surface area (Å²) in [5.41, 5.74) is 0.238. The first kappa shape index (κ1) is 20.6. The van der Waals surface area contributed by atoms with Crippen molar-refractivity contribution < 1.29 is 27.4 Å². The lowest BCUT2D eigenvalue weighted by Gasteiger charge is -2.20. The third kappa shape index (κ3) is 5.39. The second-order valence-corrected chi connectivity index (χ2v) is 6.09. The lowest BCUT2D eigenvalue weighted by Crippen LogP contribution is -2.27. The molecule has 2 rings (SSSR count). The maximum absolute atomic E-state index is 13.1. The van der Waals surface area contributed by atoms with E-state index >= 15 is 0 Å². The summed E-state index contributed by atoms with van der Waals surface area (Å²) in [4.78, 5) is 13.7. The fraction of sp³-hybridized carbons (Fsp3) is 0.350. The van der Waals surface area contributed by atoms with Crippen molar-refractivity contribution in [3.8, 4) is 11.5 Å². The van der Waals surface area contributed by atoms with Gasteiger partial charge in [-0.2, -0.15) is 13.2 Å². The van der Waals surface area contributed by atoms with Crippen LogP contribution in [0.4, 0.5) is 13.2 Å². The Labute approximate surface area is 156 Å². The lowest BCUT2D eigenvalue weighted by molar-refractivity contribution is -0.139. The molecule has 7 heteroatoms. The summed E-state index contributed by atoms with van der Waals surface area (Å²) in [5, 5.41) is 0. The molecule has 27 heavy (non-hydrogen) atoms. The van der Waals surface area contributed by atoms with Crippen LogP contribution in [-0.4, -0.2) is 32.1 Å². The van der Waals surface area contributed by atoms with Gasteiger partial charge >= 0.3 is 6.18 Å². The minimum absolute atomic E-state index is 0.0759. The van der Waals surface area contributed by atoms with Crippen molar-refractivity contribution in [3.05, 3.63) is 59.2 Å². The molecule has 0 N–H and O–H groups in total. The highest BCUT2D eigenvalue weighted by atomic mass is 19.4. The number of benzene rings is 2. The summed E-state index contributed by atoms with van der Waals surface area (Å²) >= 11 is 0. The van der Waals surface area contributed by atoms with E-state index in [1.165, 1.54) is 44.4 Å². The SMILES string of the molecule is COc1ccc(CCC(=O)N(C)Cc2ccccc2C(F)(F)F)cc1OC. The van der Waals surface area contributed by atoms with E-state index in [4.69, 9.17) is 9.47 Å². The van der Waals surface area contributed by atoms with Crippen LogP contribution in [0.15, 0.2) is 42.5 Å². The smallest absolute Gasteiger partial charge is 0.416 e. The van der Waals surface area contributed by atoms with Gasteiger partial charge in [-0.15, -0.1) is 0 Å². The topological polar surface area (TPSA) is 38.8 Å². The molecule has 0 heterocycles. The number of hydrogen-bond donors (Lipinski definition) is 0. The number of carbonyl (C=O) groups excluding carboxylic acids is 1. The number of aryl methyl sites for hydroxylation is 1. The van der Waals surface area contributed by atoms with Gasteiger partial charge in [0.15, 0.2) is 11.5 Å². The zero-order chi connectivity index (χ0) is 20.0. The van der Waals surface area contributed by atoms with Crippen molar-refractivity contribution in [2.75, 3.05) is 21.3 Å². The molecule has 0 aliphatic carbocycles. The molecule has 0 aliphatic heterocycles. The molecule has 0 fully saturated rings. The van der Waals surface area contributed by atoms with E-state index in [0.717, 1.165) is 11.6 Å². The van der Waals surface area contributed by atoms with E-state index in [1.807, 2.05) is 6.07 Å². The number of halogens is 3. The van der Waals surface area contributed by atoms with Crippen molar-refractivity contribution >= 4 is 5.91 Å². The summed E-state index contributed by atoms with van der Waals surface area (Å²) in [5.74, 6) is 0.921. The summed E-state index contributed by atoms with van der Waals surface area (Å²) in [6.45, 7) is -0.0968. The Morgan fingerprint density at radius 3 is 2.33 bits per heavy atom. The minimum atomic E-state index is -4.44. The molecule has 0 aromatic heterocycles. The Kier molecular flexibility index (Phi) is 6.71. The van der Waals surface area contributed by atoms with Crippen LogP contribution in [0.5, 0.6) is 11.5 Å². The molecular formula is C20H22F3NO3. The highest BCUT2D eigenvalue weighted by molar-refractivity contribution is 5.76. The number of methoxy groups -OCH3 is 2. The highest BCUT2D eigenvalue weighted by Gasteiger charge is 2.33. The third-order valence-corrected chi connectivity index (χ3v) is 4.23. The molecule has 0 radical (unpaired) electrons. The van der Waals surface area contributed by atoms with Crippen molar-refractivity contribution in [3.63, 3.8) is 0 Å². The second-order valence-electron chi connectivity index (χ2n) is 6.09. The van der Waals surface area contributed by atoms with Crippen LogP contribution in [0.1, 0.15) is 23.1 Å². The normalized spacial score (nSPS) is 11.2. The predicted molar refractivity (Wildman–Crippen MR) is 95.8 cm³/mol. The largest absolute Gasteiger partial charge is 0.493 e. The van der Waals surface area contributed by atoms with Crippen molar-refractivity contribution in [2.24, 2.45) is 0 Å². The van der Waals surface area contributed by atoms with E-state index in [0.29, 0.717) is 17.9 Å². The summed E-state index contributed by atoms with van der Waals surface area (Å²) in [6.07, 6.45) is -3.81. The Morgan fingerprint density at radius 2 is 1.70 bits per heavy atom. The van der Waals surface area contributed by atoms with E-state index in [-0.39, 0.29) is 24.4 Å². The fourth-order valence-corrected chi connectivity index (χ4v) is 2.76. The van der Waals surface area contributed by atoms with E-state index in [1.54, 1.807) is 12.1 Å². The van der Waals surface area contributed by atoms with Crippen molar-refractivity contribution in [1.82, 2.24) is 4.90 Å². The van der Waals surface area contributed by atoms with Gasteiger partial charge in [0.05, 0.1) is 19.8 Å². The summed E-state index contributed by atoms with van der Waals surface area (Å²) in [6, 6.07) is 10.6. The standard InChI is InChI=1S/C20H22F3NO3/c1-24(13-15-6-4-5-7-16(15)20(21,22)23)19(25)11-9-14-8-10-17(26-2)18(12-14)27-3/h4-8,10,12H,9,11,13H2,1-3H3. The molecule has 0 bridgehead atoms. The molecule has 0 atom stereocenters. The molecular weight excluding hydrogens is 359 g/mol. The van der Waals surface area contributed by atoms with Gasteiger partial charge in [0.25, 0.3) is 0 Å². The van der Waals surface area contributed by atoms with Crippen LogP contribution in [0, 0.1) is 0 Å². The molecule has 0 unspecified atom stereocenters. The van der Waals surface area contributed by atoms with Crippen LogP contribution in [0.3, 0.4) is 0 Å². The second kappa shape index (κ2) is 8.79. The first-order chi connectivity index (χ1) is 12.8. The molecule has 2 aromatic rings. The third-order valence-electron chi connectivity index (χ3n) is 4.23. The molecule has 146 valence electrons. The molecule has 2 aromatic carbocycles. The fourth-order valence-electron chi connectivity index (χ4n) is 2.76. The Balaban J connectivity index is 2.01. The monoisotopic (exact) mass is 381 g/mol. The minimum Gasteiger partial charge on any atom is -0.493 e. The molecule has 0 saturated heterocycles. The van der Waals surface area contributed by atoms with Gasteiger partial charge in [0.1, 0.15) is 0 Å². The molecule has 4 nitrogen and oxygen atoms in total. The van der Waals surface area contributed by atoms with E-state index in [9.17, 15) is 18.0 Å². The van der Waals surface area contributed by atoms with Crippen molar-refractivity contribution in [1.29, 1.82) is 0 Å². The van der Waals surface area contributed by atoms with Crippen LogP contribution < -0.4 is 9.47 Å². The summed E-state index contributed by atoms with van der Waals surface area (Å²) < 4.78 is 49.6. The number of ether oxygens (including phenoxy) is 2. The van der Waals surface area contributed by atoms with Crippen LogP contribution in [0.25, 0.3) is 0 Å². The number of amides is 1. The Hall–Kier alpha value is -2.70. The van der Waals surface area contributed by atoms with Gasteiger partial charge < -0.3 is 14.4 Å². The Morgan fingerprint density at radius 1 is 1.04 bits per heavy atom. The number of nitrogens with zero attached hydrogens (tertiary/aromatic N) is 1. The quantitative estimate of drug-likeness (QED) is 0.717. The van der Waals surface area contributed by atoms with Crippen LogP contribution >= 0.6 is 0 Å². The maximum atomic E-state index is 13.1. The number of hydrogen-bond acceptors (Lipinski definition) is 3. The molecule has 1 amide bonds. The van der Waals surface area contributed by atoms with E-state index in [2.05, 4.69) is 0 Å². The molecule has 0 saturated carbocycles. The van der Waals surface area contributed by atoms with Gasteiger partial charge in [-0.05, 0) is 35.7 Å². The van der Waals surface area contributed by atoms with Gasteiger partial charge in [-0.25, -0.2) is 0 Å². The van der Waals surface area contributed by atoms with Crippen LogP contribution in [0.2, 0.25) is 0 Å². The average molecular weight is 381 g/mol. The molecule has 0 aliphatic rings. The van der Waals surface area contributed by atoms with Gasteiger partial charge in [-0.1, -0.05) is 24.3 Å². The number of alkyl halides is 3. The van der Waals surface area contributed by atoms with Gasteiger partial charge in [-0.3, -0.25) is 4.79 Å². The van der Waals surface area contributed by atoms with Gasteiger partial charge in [0.2, 0.25) is 5.91 Å². The Bertz CT molecular complexity index is 790. The predicted octanol–water partition coefficient (Wildman–Crippen LogP) is 4.31. The summed E-state index contributed by atoms with van der Waals surface area (Å²) in [7, 11) is 4.57. The first-order valence-electron chi connectivity index (χ1n) is 8.36. The maximum Gasteiger partial charge on any atom is 0.416 e. The highest BCUT2D eigenvalue weighted by Crippen LogP contribution is 2.32. The van der Waals surface area contributed by atoms with Crippen molar-refractivity contribution in [2.45, 2.75) is 25.6 Å². The van der Waals surface area contributed by atoms with E-state index < -0.39 is 11.7 Å². The average Bonchev–Trinajstić information content (AvgIpc) is 2.65. The molecule has 0 spiro atoms. The number of rotatable bonds is 7. The number of carbonyl (C=O) groups is 1. The lowest BCUT2D eigenvalue weighted by atomic mass is 10.1. The zero-order valence-electron chi connectivity index (χ0n) is 15.5.